The summed E-state index contributed by atoms with van der Waals surface area (Å²) in [6.45, 7) is 8.68. The minimum Gasteiger partial charge on any atom is -0.366 e. The van der Waals surface area contributed by atoms with Gasteiger partial charge in [-0.2, -0.15) is 11.3 Å². The molecule has 2 heterocycles. The van der Waals surface area contributed by atoms with Crippen LogP contribution in [0.25, 0.3) is 0 Å². The Morgan fingerprint density at radius 3 is 2.61 bits per heavy atom. The zero-order chi connectivity index (χ0) is 24.0. The van der Waals surface area contributed by atoms with Crippen LogP contribution in [0, 0.1) is 13.8 Å². The molecular formula is C25H36N4O3S. The van der Waals surface area contributed by atoms with E-state index in [1.807, 2.05) is 30.2 Å². The van der Waals surface area contributed by atoms with Crippen molar-refractivity contribution in [2.24, 2.45) is 5.73 Å². The number of amides is 3. The summed E-state index contributed by atoms with van der Waals surface area (Å²) in [6, 6.07) is 6.59. The largest absolute Gasteiger partial charge is 0.366 e. The summed E-state index contributed by atoms with van der Waals surface area (Å²) in [6.07, 6.45) is 3.78. The Balaban J connectivity index is 1.57. The van der Waals surface area contributed by atoms with E-state index in [4.69, 9.17) is 10.6 Å². The third kappa shape index (κ3) is 6.34. The van der Waals surface area contributed by atoms with Crippen LogP contribution in [0.2, 0.25) is 0 Å². The Morgan fingerprint density at radius 2 is 2.00 bits per heavy atom. The van der Waals surface area contributed by atoms with E-state index in [2.05, 4.69) is 34.8 Å². The van der Waals surface area contributed by atoms with Crippen molar-refractivity contribution in [1.29, 1.82) is 0 Å². The van der Waals surface area contributed by atoms with Crippen molar-refractivity contribution < 1.29 is 14.4 Å². The average molecular weight is 473 g/mol. The number of carbonyl (C=O) groups is 2. The Labute approximate surface area is 200 Å². The normalized spacial score (nSPS) is 15.9. The summed E-state index contributed by atoms with van der Waals surface area (Å²) < 4.78 is 0. The molecule has 1 saturated heterocycles. The van der Waals surface area contributed by atoms with Crippen LogP contribution in [0.5, 0.6) is 0 Å². The number of hydrogen-bond donors (Lipinski definition) is 2. The number of hydroxylamine groups is 1. The van der Waals surface area contributed by atoms with Gasteiger partial charge in [0.15, 0.2) is 0 Å². The molecule has 33 heavy (non-hydrogen) atoms. The van der Waals surface area contributed by atoms with Crippen LogP contribution in [0.1, 0.15) is 58.8 Å². The molecule has 3 amide bonds. The Kier molecular flexibility index (Phi) is 8.88. The van der Waals surface area contributed by atoms with E-state index in [0.29, 0.717) is 18.2 Å². The molecule has 8 heteroatoms. The maximum absolute atomic E-state index is 12.6. The van der Waals surface area contributed by atoms with Crippen LogP contribution < -0.4 is 11.2 Å². The molecule has 0 radical (unpaired) electrons. The lowest BCUT2D eigenvalue weighted by Crippen LogP contribution is -2.51. The Bertz CT molecular complexity index is 939. The summed E-state index contributed by atoms with van der Waals surface area (Å²) in [4.78, 5) is 33.7. The number of piperidine rings is 1. The number of nitrogens with one attached hydrogen (secondary N) is 1. The number of nitrogens with zero attached hydrogens (tertiary/aromatic N) is 2. The minimum absolute atomic E-state index is 0.181. The van der Waals surface area contributed by atoms with E-state index in [1.165, 1.54) is 12.7 Å². The molecule has 1 fully saturated rings. The number of aryl methyl sites for hydroxylation is 2. The Hall–Kier alpha value is -2.42. The Morgan fingerprint density at radius 1 is 1.27 bits per heavy atom. The van der Waals surface area contributed by atoms with E-state index in [0.717, 1.165) is 55.5 Å². The summed E-state index contributed by atoms with van der Waals surface area (Å²) in [5.74, 6) is -0.355. The molecule has 1 atom stereocenters. The highest BCUT2D eigenvalue weighted by atomic mass is 32.1. The summed E-state index contributed by atoms with van der Waals surface area (Å²) in [5, 5.41) is 4.12. The molecule has 1 aromatic heterocycles. The van der Waals surface area contributed by atoms with Crippen molar-refractivity contribution in [3.8, 4) is 0 Å². The van der Waals surface area contributed by atoms with Crippen molar-refractivity contribution in [2.45, 2.75) is 65.1 Å². The first-order valence-corrected chi connectivity index (χ1v) is 12.5. The van der Waals surface area contributed by atoms with Gasteiger partial charge in [-0.15, -0.1) is 0 Å². The first-order valence-electron chi connectivity index (χ1n) is 11.5. The molecule has 180 valence electrons. The number of carbonyl (C=O) groups excluding carboxylic acids is 2. The van der Waals surface area contributed by atoms with Crippen molar-refractivity contribution in [1.82, 2.24) is 15.3 Å². The predicted molar refractivity (Wildman–Crippen MR) is 132 cm³/mol. The third-order valence-electron chi connectivity index (χ3n) is 6.81. The smallest absolute Gasteiger partial charge is 0.341 e. The van der Waals surface area contributed by atoms with Gasteiger partial charge >= 0.3 is 6.03 Å². The van der Waals surface area contributed by atoms with E-state index < -0.39 is 0 Å². The summed E-state index contributed by atoms with van der Waals surface area (Å²) >= 11 is 1.64. The van der Waals surface area contributed by atoms with Gasteiger partial charge in [0.1, 0.15) is 0 Å². The molecule has 1 aliphatic rings. The highest BCUT2D eigenvalue weighted by molar-refractivity contribution is 7.07. The van der Waals surface area contributed by atoms with Gasteiger partial charge in [-0.25, -0.2) is 10.3 Å². The van der Waals surface area contributed by atoms with Crippen LogP contribution in [-0.4, -0.2) is 54.0 Å². The molecule has 0 spiro atoms. The molecule has 0 bridgehead atoms. The van der Waals surface area contributed by atoms with Crippen molar-refractivity contribution in [2.75, 3.05) is 20.2 Å². The molecule has 3 rings (SSSR count). The molecular weight excluding hydrogens is 436 g/mol. The average Bonchev–Trinajstić information content (AvgIpc) is 3.30. The second-order valence-electron chi connectivity index (χ2n) is 8.93. The number of hydrogen-bond acceptors (Lipinski definition) is 5. The summed E-state index contributed by atoms with van der Waals surface area (Å²) in [5.41, 5.74) is 13.0. The monoisotopic (exact) mass is 472 g/mol. The van der Waals surface area contributed by atoms with Gasteiger partial charge in [0.2, 0.25) is 5.91 Å². The van der Waals surface area contributed by atoms with Gasteiger partial charge in [-0.3, -0.25) is 9.63 Å². The number of urea groups is 1. The highest BCUT2D eigenvalue weighted by Gasteiger charge is 2.30. The first-order chi connectivity index (χ1) is 15.8. The van der Waals surface area contributed by atoms with Gasteiger partial charge in [0.05, 0.1) is 7.11 Å². The van der Waals surface area contributed by atoms with Gasteiger partial charge in [-0.1, -0.05) is 12.1 Å². The maximum atomic E-state index is 12.6. The zero-order valence-electron chi connectivity index (χ0n) is 20.1. The van der Waals surface area contributed by atoms with Gasteiger partial charge in [-0.05, 0) is 85.5 Å². The van der Waals surface area contributed by atoms with Crippen LogP contribution >= 0.6 is 11.3 Å². The molecule has 7 nitrogen and oxygen atoms in total. The van der Waals surface area contributed by atoms with Crippen LogP contribution in [0.4, 0.5) is 4.79 Å². The van der Waals surface area contributed by atoms with Gasteiger partial charge < -0.3 is 15.5 Å². The lowest BCUT2D eigenvalue weighted by atomic mass is 9.93. The van der Waals surface area contributed by atoms with E-state index in [-0.39, 0.29) is 18.0 Å². The van der Waals surface area contributed by atoms with E-state index in [9.17, 15) is 9.59 Å². The standard InChI is InChI=1S/C25H36N4O3S/c1-17-5-7-21(19(3)23(17)24(26)30)8-6-18(2)28-12-9-22(10-13-28)29(25(31)27-32-4)15-20-11-14-33-16-20/h5,7,11,14,16,18,22H,6,8-10,12-13,15H2,1-4H3,(H2,26,30)(H,27,31)/t18-/m1/s1. The topological polar surface area (TPSA) is 87.9 Å². The van der Waals surface area contributed by atoms with Crippen LogP contribution in [0.15, 0.2) is 29.0 Å². The maximum Gasteiger partial charge on any atom is 0.341 e. The molecule has 1 aromatic carbocycles. The van der Waals surface area contributed by atoms with E-state index >= 15 is 0 Å². The number of benzene rings is 1. The summed E-state index contributed by atoms with van der Waals surface area (Å²) in [7, 11) is 1.47. The SMILES string of the molecule is CONC(=O)N(Cc1ccsc1)C1CCN([C@H](C)CCc2ccc(C)c(C(N)=O)c2C)CC1. The van der Waals surface area contributed by atoms with Crippen molar-refractivity contribution in [3.05, 3.63) is 56.8 Å². The number of rotatable bonds is 9. The lowest BCUT2D eigenvalue weighted by Gasteiger charge is -2.40. The second kappa shape index (κ2) is 11.6. The number of thiophene rings is 1. The number of likely N-dealkylation sites (tertiary alicyclic amines) is 1. The zero-order valence-corrected chi connectivity index (χ0v) is 20.9. The minimum atomic E-state index is -0.355. The van der Waals surface area contributed by atoms with Crippen molar-refractivity contribution >= 4 is 23.3 Å². The number of nitrogens with two attached hydrogens (primary N) is 1. The number of primary amides is 1. The van der Waals surface area contributed by atoms with Crippen LogP contribution in [-0.2, 0) is 17.8 Å². The molecule has 0 saturated carbocycles. The fraction of sp³-hybridized carbons (Fsp3) is 0.520. The quantitative estimate of drug-likeness (QED) is 0.540. The molecule has 0 aliphatic carbocycles. The third-order valence-corrected chi connectivity index (χ3v) is 7.54. The molecule has 3 N–H and O–H groups in total. The highest BCUT2D eigenvalue weighted by Crippen LogP contribution is 2.24. The fourth-order valence-electron chi connectivity index (χ4n) is 4.82. The van der Waals surface area contributed by atoms with E-state index in [1.54, 1.807) is 11.3 Å². The molecule has 0 unspecified atom stereocenters. The second-order valence-corrected chi connectivity index (χ2v) is 9.71. The lowest BCUT2D eigenvalue weighted by molar-refractivity contribution is 0.0566. The van der Waals surface area contributed by atoms with Gasteiger partial charge in [0.25, 0.3) is 0 Å². The fourth-order valence-corrected chi connectivity index (χ4v) is 5.48. The molecule has 2 aromatic rings. The first kappa shape index (κ1) is 25.2. The van der Waals surface area contributed by atoms with Crippen LogP contribution in [0.3, 0.4) is 0 Å². The van der Waals surface area contributed by atoms with Gasteiger partial charge in [0, 0.05) is 37.3 Å². The van der Waals surface area contributed by atoms with Crippen molar-refractivity contribution in [3.63, 3.8) is 0 Å². The molecule has 1 aliphatic heterocycles. The predicted octanol–water partition coefficient (Wildman–Crippen LogP) is 4.02.